The molecule has 0 saturated carbocycles. The number of anilines is 2. The van der Waals surface area contributed by atoms with Crippen molar-refractivity contribution in [3.8, 4) is 5.75 Å². The van der Waals surface area contributed by atoms with Gasteiger partial charge < -0.3 is 15.8 Å². The average Bonchev–Trinajstić information content (AvgIpc) is 2.41. The molecule has 3 N–H and O–H groups in total. The zero-order chi connectivity index (χ0) is 13.7. The van der Waals surface area contributed by atoms with E-state index in [0.29, 0.717) is 24.0 Å². The number of nitrogens with two attached hydrogens (primary N) is 1. The standard InChI is InChI=1S/C13H15ClN4O/c1-9-4-2-3-5-10(9)19-7-6-16-13-11(14)12(15)17-8-18-13/h2-5,8H,6-7H2,1H3,(H3,15,16,17,18). The fourth-order valence-corrected chi connectivity index (χ4v) is 1.72. The first-order valence-electron chi connectivity index (χ1n) is 5.86. The number of rotatable bonds is 5. The number of nitrogen functional groups attached to an aromatic ring is 1. The number of aryl methyl sites for hydroxylation is 1. The van der Waals surface area contributed by atoms with Crippen LogP contribution in [0, 0.1) is 6.92 Å². The van der Waals surface area contributed by atoms with Gasteiger partial charge in [-0.3, -0.25) is 0 Å². The monoisotopic (exact) mass is 278 g/mol. The summed E-state index contributed by atoms with van der Waals surface area (Å²) in [5.74, 6) is 1.65. The van der Waals surface area contributed by atoms with Crippen molar-refractivity contribution in [2.24, 2.45) is 0 Å². The van der Waals surface area contributed by atoms with Gasteiger partial charge in [0.15, 0.2) is 5.82 Å². The SMILES string of the molecule is Cc1ccccc1OCCNc1ncnc(N)c1Cl. The fourth-order valence-electron chi connectivity index (χ4n) is 1.56. The molecule has 1 aromatic carbocycles. The molecule has 100 valence electrons. The number of nitrogens with one attached hydrogen (secondary N) is 1. The maximum atomic E-state index is 5.96. The third kappa shape index (κ3) is 3.48. The van der Waals surface area contributed by atoms with Crippen molar-refractivity contribution in [1.82, 2.24) is 9.97 Å². The number of halogens is 1. The van der Waals surface area contributed by atoms with Crippen molar-refractivity contribution in [2.75, 3.05) is 24.2 Å². The van der Waals surface area contributed by atoms with Gasteiger partial charge in [-0.2, -0.15) is 0 Å². The smallest absolute Gasteiger partial charge is 0.150 e. The first kappa shape index (κ1) is 13.4. The first-order chi connectivity index (χ1) is 9.18. The lowest BCUT2D eigenvalue weighted by atomic mass is 10.2. The highest BCUT2D eigenvalue weighted by Crippen LogP contribution is 2.22. The van der Waals surface area contributed by atoms with Crippen LogP contribution in [0.4, 0.5) is 11.6 Å². The second-order valence-corrected chi connectivity index (χ2v) is 4.34. The molecule has 0 aliphatic carbocycles. The summed E-state index contributed by atoms with van der Waals surface area (Å²) in [6.45, 7) is 3.08. The van der Waals surface area contributed by atoms with Gasteiger partial charge in [0.1, 0.15) is 29.5 Å². The van der Waals surface area contributed by atoms with Crippen molar-refractivity contribution in [3.05, 3.63) is 41.2 Å². The Morgan fingerprint density at radius 2 is 2.11 bits per heavy atom. The van der Waals surface area contributed by atoms with Gasteiger partial charge in [-0.1, -0.05) is 29.8 Å². The van der Waals surface area contributed by atoms with Crippen LogP contribution in [0.5, 0.6) is 5.75 Å². The summed E-state index contributed by atoms with van der Waals surface area (Å²) >= 11 is 5.96. The summed E-state index contributed by atoms with van der Waals surface area (Å²) in [6, 6.07) is 7.86. The molecule has 2 aromatic rings. The normalized spacial score (nSPS) is 10.2. The number of nitrogens with zero attached hydrogens (tertiary/aromatic N) is 2. The van der Waals surface area contributed by atoms with Crippen LogP contribution in [0.25, 0.3) is 0 Å². The van der Waals surface area contributed by atoms with Gasteiger partial charge in [-0.25, -0.2) is 9.97 Å². The van der Waals surface area contributed by atoms with Gasteiger partial charge in [-0.15, -0.1) is 0 Å². The maximum Gasteiger partial charge on any atom is 0.150 e. The summed E-state index contributed by atoms with van der Waals surface area (Å²) in [4.78, 5) is 7.80. The summed E-state index contributed by atoms with van der Waals surface area (Å²) in [5, 5.41) is 3.39. The lowest BCUT2D eigenvalue weighted by Gasteiger charge is -2.10. The molecule has 0 unspecified atom stereocenters. The fraction of sp³-hybridized carbons (Fsp3) is 0.231. The highest BCUT2D eigenvalue weighted by molar-refractivity contribution is 6.35. The minimum Gasteiger partial charge on any atom is -0.491 e. The van der Waals surface area contributed by atoms with Crippen LogP contribution in [-0.2, 0) is 0 Å². The van der Waals surface area contributed by atoms with E-state index < -0.39 is 0 Å². The molecule has 0 aliphatic heterocycles. The number of aromatic nitrogens is 2. The number of hydrogen-bond donors (Lipinski definition) is 2. The molecule has 0 radical (unpaired) electrons. The maximum absolute atomic E-state index is 5.96. The van der Waals surface area contributed by atoms with Crippen LogP contribution >= 0.6 is 11.6 Å². The predicted octanol–water partition coefficient (Wildman–Crippen LogP) is 2.51. The van der Waals surface area contributed by atoms with E-state index in [1.165, 1.54) is 6.33 Å². The summed E-state index contributed by atoms with van der Waals surface area (Å²) in [5.41, 5.74) is 6.69. The Morgan fingerprint density at radius 3 is 2.89 bits per heavy atom. The molecule has 2 rings (SSSR count). The molecule has 5 nitrogen and oxygen atoms in total. The topological polar surface area (TPSA) is 73.1 Å². The molecule has 0 fully saturated rings. The number of ether oxygens (including phenoxy) is 1. The molecule has 1 aromatic heterocycles. The predicted molar refractivity (Wildman–Crippen MR) is 76.6 cm³/mol. The summed E-state index contributed by atoms with van der Waals surface area (Å²) in [6.07, 6.45) is 1.37. The summed E-state index contributed by atoms with van der Waals surface area (Å²) in [7, 11) is 0. The lowest BCUT2D eigenvalue weighted by molar-refractivity contribution is 0.330. The van der Waals surface area contributed by atoms with Gasteiger partial charge >= 0.3 is 0 Å². The van der Waals surface area contributed by atoms with E-state index in [2.05, 4.69) is 15.3 Å². The Labute approximate surface area is 116 Å². The minimum absolute atomic E-state index is 0.263. The molecular weight excluding hydrogens is 264 g/mol. The van der Waals surface area contributed by atoms with E-state index >= 15 is 0 Å². The van der Waals surface area contributed by atoms with Crippen molar-refractivity contribution in [3.63, 3.8) is 0 Å². The molecule has 0 bridgehead atoms. The highest BCUT2D eigenvalue weighted by atomic mass is 35.5. The molecule has 0 atom stereocenters. The average molecular weight is 279 g/mol. The Hall–Kier alpha value is -2.01. The number of para-hydroxylation sites is 1. The van der Waals surface area contributed by atoms with Crippen molar-refractivity contribution in [2.45, 2.75) is 6.92 Å². The van der Waals surface area contributed by atoms with Gasteiger partial charge in [0, 0.05) is 0 Å². The van der Waals surface area contributed by atoms with Gasteiger partial charge in [0.2, 0.25) is 0 Å². The second kappa shape index (κ2) is 6.24. The first-order valence-corrected chi connectivity index (χ1v) is 6.24. The lowest BCUT2D eigenvalue weighted by Crippen LogP contribution is -2.13. The molecule has 19 heavy (non-hydrogen) atoms. The quantitative estimate of drug-likeness (QED) is 0.822. The van der Waals surface area contributed by atoms with E-state index in [1.54, 1.807) is 0 Å². The van der Waals surface area contributed by atoms with Crippen LogP contribution in [0.1, 0.15) is 5.56 Å². The van der Waals surface area contributed by atoms with E-state index in [0.717, 1.165) is 11.3 Å². The third-order valence-electron chi connectivity index (χ3n) is 2.56. The molecule has 6 heteroatoms. The van der Waals surface area contributed by atoms with E-state index in [4.69, 9.17) is 22.1 Å². The molecular formula is C13H15ClN4O. The van der Waals surface area contributed by atoms with Crippen LogP contribution in [0.15, 0.2) is 30.6 Å². The molecule has 0 aliphatic rings. The zero-order valence-corrected chi connectivity index (χ0v) is 11.3. The van der Waals surface area contributed by atoms with Crippen molar-refractivity contribution < 1.29 is 4.74 Å². The molecule has 1 heterocycles. The van der Waals surface area contributed by atoms with E-state index in [1.807, 2.05) is 31.2 Å². The van der Waals surface area contributed by atoms with Crippen LogP contribution in [0.2, 0.25) is 5.02 Å². The second-order valence-electron chi connectivity index (χ2n) is 3.96. The zero-order valence-electron chi connectivity index (χ0n) is 10.6. The van der Waals surface area contributed by atoms with Crippen LogP contribution < -0.4 is 15.8 Å². The van der Waals surface area contributed by atoms with Crippen molar-refractivity contribution in [1.29, 1.82) is 0 Å². The molecule has 0 spiro atoms. The Morgan fingerprint density at radius 1 is 1.32 bits per heavy atom. The van der Waals surface area contributed by atoms with Crippen LogP contribution in [-0.4, -0.2) is 23.1 Å². The summed E-state index contributed by atoms with van der Waals surface area (Å²) < 4.78 is 5.65. The number of benzene rings is 1. The largest absolute Gasteiger partial charge is 0.491 e. The van der Waals surface area contributed by atoms with E-state index in [-0.39, 0.29) is 5.82 Å². The molecule has 0 amide bonds. The van der Waals surface area contributed by atoms with E-state index in [9.17, 15) is 0 Å². The van der Waals surface area contributed by atoms with Gasteiger partial charge in [0.05, 0.1) is 6.54 Å². The minimum atomic E-state index is 0.263. The Kier molecular flexibility index (Phi) is 4.41. The highest BCUT2D eigenvalue weighted by Gasteiger charge is 2.05. The molecule has 0 saturated heterocycles. The van der Waals surface area contributed by atoms with Crippen LogP contribution in [0.3, 0.4) is 0 Å². The Balaban J connectivity index is 1.84. The third-order valence-corrected chi connectivity index (χ3v) is 2.93. The Bertz CT molecular complexity index is 562. The van der Waals surface area contributed by atoms with Gasteiger partial charge in [0.25, 0.3) is 0 Å². The van der Waals surface area contributed by atoms with Crippen molar-refractivity contribution >= 4 is 23.2 Å². The van der Waals surface area contributed by atoms with Gasteiger partial charge in [-0.05, 0) is 18.6 Å². The number of hydrogen-bond acceptors (Lipinski definition) is 5.